The molecule has 2 aromatic heterocycles. The number of H-pyrrole nitrogens is 1. The number of benzene rings is 1. The fourth-order valence-electron chi connectivity index (χ4n) is 5.50. The Hall–Kier alpha value is -2.90. The molecular formula is C27H35N5O2. The van der Waals surface area contributed by atoms with Crippen molar-refractivity contribution < 1.29 is 9.47 Å². The lowest BCUT2D eigenvalue weighted by molar-refractivity contribution is -0.0712. The van der Waals surface area contributed by atoms with Gasteiger partial charge in [-0.15, -0.1) is 0 Å². The van der Waals surface area contributed by atoms with E-state index in [1.807, 2.05) is 12.3 Å². The molecule has 0 radical (unpaired) electrons. The van der Waals surface area contributed by atoms with Gasteiger partial charge in [0.1, 0.15) is 0 Å². The third-order valence-corrected chi connectivity index (χ3v) is 7.44. The first kappa shape index (κ1) is 22.9. The van der Waals surface area contributed by atoms with Gasteiger partial charge in [0.2, 0.25) is 0 Å². The van der Waals surface area contributed by atoms with E-state index in [-0.39, 0.29) is 0 Å². The zero-order valence-electron chi connectivity index (χ0n) is 20.7. The summed E-state index contributed by atoms with van der Waals surface area (Å²) in [6.45, 7) is 12.4. The second kappa shape index (κ2) is 9.39. The van der Waals surface area contributed by atoms with Gasteiger partial charge >= 0.3 is 0 Å². The number of ether oxygens (including phenoxy) is 2. The van der Waals surface area contributed by atoms with Gasteiger partial charge in [-0.05, 0) is 67.1 Å². The maximum atomic E-state index is 5.62. The number of likely N-dealkylation sites (tertiary alicyclic amines) is 1. The average molecular weight is 462 g/mol. The van der Waals surface area contributed by atoms with Crippen molar-refractivity contribution in [1.29, 1.82) is 0 Å². The summed E-state index contributed by atoms with van der Waals surface area (Å²) >= 11 is 0. The molecule has 3 aromatic rings. The summed E-state index contributed by atoms with van der Waals surface area (Å²) in [7, 11) is 3.39. The van der Waals surface area contributed by atoms with Crippen molar-refractivity contribution in [2.24, 2.45) is 10.1 Å². The van der Waals surface area contributed by atoms with Crippen molar-refractivity contribution in [1.82, 2.24) is 14.6 Å². The van der Waals surface area contributed by atoms with Crippen LogP contribution in [0.5, 0.6) is 5.75 Å². The monoisotopic (exact) mass is 461 g/mol. The van der Waals surface area contributed by atoms with Gasteiger partial charge < -0.3 is 14.5 Å². The van der Waals surface area contributed by atoms with Gasteiger partial charge in [0.25, 0.3) is 0 Å². The van der Waals surface area contributed by atoms with Crippen molar-refractivity contribution in [3.63, 3.8) is 0 Å². The van der Waals surface area contributed by atoms with Gasteiger partial charge in [-0.3, -0.25) is 9.89 Å². The van der Waals surface area contributed by atoms with Crippen LogP contribution in [-0.4, -0.2) is 67.8 Å². The molecule has 0 spiro atoms. The highest BCUT2D eigenvalue weighted by Gasteiger charge is 2.30. The number of nitrogens with one attached hydrogen (secondary N) is 1. The molecule has 7 nitrogen and oxygen atoms in total. The Bertz CT molecular complexity index is 1260. The second-order valence-corrected chi connectivity index (χ2v) is 9.71. The molecular weight excluding hydrogens is 426 g/mol. The molecule has 2 fully saturated rings. The summed E-state index contributed by atoms with van der Waals surface area (Å²) in [4.78, 5) is 10.6. The number of hydrogen-bond acceptors (Lipinski definition) is 5. The van der Waals surface area contributed by atoms with Crippen molar-refractivity contribution >= 4 is 17.6 Å². The average Bonchev–Trinajstić information content (AvgIpc) is 3.21. The van der Waals surface area contributed by atoms with Gasteiger partial charge in [0, 0.05) is 36.4 Å². The second-order valence-electron chi connectivity index (χ2n) is 9.71. The van der Waals surface area contributed by atoms with E-state index in [9.17, 15) is 0 Å². The Balaban J connectivity index is 1.53. The van der Waals surface area contributed by atoms with Gasteiger partial charge in [-0.2, -0.15) is 5.10 Å². The Morgan fingerprint density at radius 1 is 1.18 bits per heavy atom. The van der Waals surface area contributed by atoms with Crippen molar-refractivity contribution in [2.45, 2.75) is 44.6 Å². The molecule has 1 aromatic carbocycles. The Morgan fingerprint density at radius 2 is 1.94 bits per heavy atom. The van der Waals surface area contributed by atoms with E-state index in [0.29, 0.717) is 29.1 Å². The van der Waals surface area contributed by atoms with E-state index < -0.39 is 0 Å². The lowest BCUT2D eigenvalue weighted by Crippen LogP contribution is -2.51. The molecule has 2 aliphatic heterocycles. The number of aromatic amines is 1. The van der Waals surface area contributed by atoms with Crippen LogP contribution in [0.25, 0.3) is 22.2 Å². The van der Waals surface area contributed by atoms with Crippen molar-refractivity contribution in [3.8, 4) is 17.0 Å². The Morgan fingerprint density at radius 3 is 2.53 bits per heavy atom. The van der Waals surface area contributed by atoms with E-state index in [1.165, 1.54) is 29.4 Å². The van der Waals surface area contributed by atoms with Crippen LogP contribution in [0.3, 0.4) is 0 Å². The van der Waals surface area contributed by atoms with E-state index in [2.05, 4.69) is 58.7 Å². The van der Waals surface area contributed by atoms with Crippen LogP contribution >= 0.6 is 0 Å². The Kier molecular flexibility index (Phi) is 6.32. The predicted octanol–water partition coefficient (Wildman–Crippen LogP) is 4.34. The number of methoxy groups -OCH3 is 1. The molecule has 7 heteroatoms. The molecule has 0 aliphatic carbocycles. The molecule has 0 atom stereocenters. The molecule has 0 amide bonds. The van der Waals surface area contributed by atoms with Crippen LogP contribution in [0, 0.1) is 0 Å². The van der Waals surface area contributed by atoms with Gasteiger partial charge in [-0.25, -0.2) is 4.68 Å². The molecule has 5 rings (SSSR count). The molecule has 2 saturated heterocycles. The summed E-state index contributed by atoms with van der Waals surface area (Å²) in [5, 5.41) is 5.44. The fourth-order valence-corrected chi connectivity index (χ4v) is 5.50. The largest absolute Gasteiger partial charge is 0.493 e. The first-order valence-corrected chi connectivity index (χ1v) is 12.2. The first-order valence-electron chi connectivity index (χ1n) is 12.2. The van der Waals surface area contributed by atoms with E-state index >= 15 is 0 Å². The molecule has 1 N–H and O–H groups in total. The molecule has 2 aliphatic rings. The molecule has 34 heavy (non-hydrogen) atoms. The molecule has 0 saturated carbocycles. The van der Waals surface area contributed by atoms with E-state index in [1.54, 1.807) is 18.8 Å². The van der Waals surface area contributed by atoms with Crippen molar-refractivity contribution in [2.75, 3.05) is 40.5 Å². The van der Waals surface area contributed by atoms with Gasteiger partial charge in [0.05, 0.1) is 32.1 Å². The predicted molar refractivity (Wildman–Crippen MR) is 137 cm³/mol. The lowest BCUT2D eigenvalue weighted by atomic mass is 9.87. The number of pyridine rings is 1. The molecule has 0 bridgehead atoms. The molecule has 4 heterocycles. The highest BCUT2D eigenvalue weighted by atomic mass is 16.5. The van der Waals surface area contributed by atoms with E-state index in [4.69, 9.17) is 9.47 Å². The SMILES string of the molecule is C=Nn1cc(-c2[nH]c3ccc(C4CCN(C5COC5)CC4)cc3c2C(C)C)cc(OC)c1=NC. The van der Waals surface area contributed by atoms with Crippen LogP contribution in [0.4, 0.5) is 0 Å². The van der Waals surface area contributed by atoms with Gasteiger partial charge in [0.15, 0.2) is 11.2 Å². The highest BCUT2D eigenvalue weighted by Crippen LogP contribution is 2.39. The maximum Gasteiger partial charge on any atom is 0.191 e. The number of hydrogen-bond donors (Lipinski definition) is 1. The summed E-state index contributed by atoms with van der Waals surface area (Å²) < 4.78 is 12.7. The fraction of sp³-hybridized carbons (Fsp3) is 0.481. The molecule has 180 valence electrons. The molecule has 0 unspecified atom stereocenters. The number of aromatic nitrogens is 2. The van der Waals surface area contributed by atoms with Crippen LogP contribution in [-0.2, 0) is 4.74 Å². The quantitative estimate of drug-likeness (QED) is 0.555. The van der Waals surface area contributed by atoms with Crippen LogP contribution < -0.4 is 10.2 Å². The number of rotatable bonds is 6. The summed E-state index contributed by atoms with van der Waals surface area (Å²) in [5.74, 6) is 1.63. The highest BCUT2D eigenvalue weighted by molar-refractivity contribution is 5.92. The zero-order chi connectivity index (χ0) is 23.8. The topological polar surface area (TPSA) is 67.1 Å². The standard InChI is InChI=1S/C27H35N5O2/c1-17(2)25-22-12-19(18-8-10-31(11-9-18)21-15-34-16-21)6-7-23(22)30-26(25)20-13-24(33-5)27(28-3)32(14-20)29-4/h6-7,12-14,17-18,21,30H,4,8-11,15-16H2,1-3,5H3. The number of nitrogens with zero attached hydrogens (tertiary/aromatic N) is 4. The third kappa shape index (κ3) is 3.97. The van der Waals surface area contributed by atoms with Crippen molar-refractivity contribution in [3.05, 3.63) is 47.1 Å². The smallest absolute Gasteiger partial charge is 0.191 e. The summed E-state index contributed by atoms with van der Waals surface area (Å²) in [5.41, 5.74) is 6.68. The minimum Gasteiger partial charge on any atom is -0.493 e. The minimum absolute atomic E-state index is 0.353. The minimum atomic E-state index is 0.353. The third-order valence-electron chi connectivity index (χ3n) is 7.44. The normalized spacial score (nSPS) is 18.6. The summed E-state index contributed by atoms with van der Waals surface area (Å²) in [6, 6.07) is 9.65. The number of piperidine rings is 1. The lowest BCUT2D eigenvalue weighted by Gasteiger charge is -2.41. The first-order chi connectivity index (χ1) is 16.5. The van der Waals surface area contributed by atoms with Gasteiger partial charge in [-0.1, -0.05) is 19.9 Å². The Labute approximate surface area is 201 Å². The zero-order valence-corrected chi connectivity index (χ0v) is 20.7. The number of fused-ring (bicyclic) bond motifs is 1. The maximum absolute atomic E-state index is 5.62. The summed E-state index contributed by atoms with van der Waals surface area (Å²) in [6.07, 6.45) is 4.39. The van der Waals surface area contributed by atoms with Crippen LogP contribution in [0.2, 0.25) is 0 Å². The van der Waals surface area contributed by atoms with E-state index in [0.717, 1.165) is 43.1 Å². The van der Waals surface area contributed by atoms with Crippen LogP contribution in [0.15, 0.2) is 40.6 Å². The van der Waals surface area contributed by atoms with Crippen LogP contribution in [0.1, 0.15) is 49.7 Å².